The first kappa shape index (κ1) is 19.1. The minimum Gasteiger partial charge on any atom is -0.489 e. The molecule has 0 bridgehead atoms. The summed E-state index contributed by atoms with van der Waals surface area (Å²) in [5.41, 5.74) is 0.975. The lowest BCUT2D eigenvalue weighted by Gasteiger charge is -2.15. The standard InChI is InChI=1S/C20H22N2O4S/c1-2-14-26-18-7-5-6-17(15-18)21-20(23)16-8-10-19(11-9-16)27(24,25)22-12-3-4-13-22/h2,5-11,15H,1,3-4,12-14H2,(H,21,23). The van der Waals surface area contributed by atoms with Crippen molar-refractivity contribution < 1.29 is 17.9 Å². The molecule has 1 fully saturated rings. The van der Waals surface area contributed by atoms with E-state index in [1.807, 2.05) is 0 Å². The van der Waals surface area contributed by atoms with Crippen molar-refractivity contribution in [2.24, 2.45) is 0 Å². The van der Waals surface area contributed by atoms with Crippen molar-refractivity contribution >= 4 is 21.6 Å². The van der Waals surface area contributed by atoms with Crippen molar-refractivity contribution in [1.82, 2.24) is 4.31 Å². The Morgan fingerprint density at radius 2 is 1.85 bits per heavy atom. The number of carbonyl (C=O) groups excluding carboxylic acids is 1. The maximum absolute atomic E-state index is 12.5. The summed E-state index contributed by atoms with van der Waals surface area (Å²) in [6.07, 6.45) is 3.41. The van der Waals surface area contributed by atoms with Gasteiger partial charge in [-0.3, -0.25) is 4.79 Å². The third-order valence-electron chi connectivity index (χ3n) is 4.28. The number of anilines is 1. The first-order valence-electron chi connectivity index (χ1n) is 8.76. The van der Waals surface area contributed by atoms with Gasteiger partial charge in [-0.05, 0) is 49.2 Å². The molecule has 6 nitrogen and oxygen atoms in total. The second kappa shape index (κ2) is 8.37. The number of nitrogens with one attached hydrogen (secondary N) is 1. The second-order valence-corrected chi connectivity index (χ2v) is 8.16. The molecule has 1 aliphatic rings. The molecular weight excluding hydrogens is 364 g/mol. The van der Waals surface area contributed by atoms with Gasteiger partial charge in [0.25, 0.3) is 5.91 Å². The molecule has 1 heterocycles. The van der Waals surface area contributed by atoms with Gasteiger partial charge in [-0.2, -0.15) is 4.31 Å². The molecular formula is C20H22N2O4S. The van der Waals surface area contributed by atoms with Gasteiger partial charge in [0.1, 0.15) is 12.4 Å². The van der Waals surface area contributed by atoms with Gasteiger partial charge < -0.3 is 10.1 Å². The lowest BCUT2D eigenvalue weighted by molar-refractivity contribution is 0.102. The van der Waals surface area contributed by atoms with Gasteiger partial charge in [-0.15, -0.1) is 0 Å². The van der Waals surface area contributed by atoms with E-state index < -0.39 is 10.0 Å². The molecule has 1 aliphatic heterocycles. The highest BCUT2D eigenvalue weighted by atomic mass is 32.2. The minimum absolute atomic E-state index is 0.209. The summed E-state index contributed by atoms with van der Waals surface area (Å²) in [7, 11) is -3.48. The van der Waals surface area contributed by atoms with Crippen LogP contribution in [0.3, 0.4) is 0 Å². The van der Waals surface area contributed by atoms with Crippen molar-refractivity contribution in [3.05, 3.63) is 66.7 Å². The highest BCUT2D eigenvalue weighted by Gasteiger charge is 2.27. The number of hydrogen-bond acceptors (Lipinski definition) is 4. The Hall–Kier alpha value is -2.64. The summed E-state index contributed by atoms with van der Waals surface area (Å²) in [5, 5.41) is 2.78. The molecule has 1 saturated heterocycles. The van der Waals surface area contributed by atoms with E-state index >= 15 is 0 Å². The van der Waals surface area contributed by atoms with Crippen molar-refractivity contribution in [2.75, 3.05) is 25.0 Å². The van der Waals surface area contributed by atoms with Crippen LogP contribution in [-0.2, 0) is 10.0 Å². The topological polar surface area (TPSA) is 75.7 Å². The second-order valence-electron chi connectivity index (χ2n) is 6.22. The Balaban J connectivity index is 1.70. The van der Waals surface area contributed by atoms with Gasteiger partial charge in [-0.25, -0.2) is 8.42 Å². The highest BCUT2D eigenvalue weighted by Crippen LogP contribution is 2.22. The molecule has 0 atom stereocenters. The molecule has 0 saturated carbocycles. The molecule has 2 aromatic carbocycles. The Morgan fingerprint density at radius 3 is 2.52 bits per heavy atom. The van der Waals surface area contributed by atoms with Gasteiger partial charge >= 0.3 is 0 Å². The zero-order chi connectivity index (χ0) is 19.3. The summed E-state index contributed by atoms with van der Waals surface area (Å²) < 4.78 is 32.0. The zero-order valence-electron chi connectivity index (χ0n) is 14.9. The molecule has 27 heavy (non-hydrogen) atoms. The van der Waals surface area contributed by atoms with Crippen LogP contribution in [0.15, 0.2) is 66.1 Å². The molecule has 3 rings (SSSR count). The Labute approximate surface area is 159 Å². The molecule has 0 unspecified atom stereocenters. The van der Waals surface area contributed by atoms with Gasteiger partial charge in [-0.1, -0.05) is 18.7 Å². The SMILES string of the molecule is C=CCOc1cccc(NC(=O)c2ccc(S(=O)(=O)N3CCCC3)cc2)c1. The lowest BCUT2D eigenvalue weighted by Crippen LogP contribution is -2.27. The van der Waals surface area contributed by atoms with Crippen LogP contribution in [0.1, 0.15) is 23.2 Å². The van der Waals surface area contributed by atoms with E-state index in [1.165, 1.54) is 28.6 Å². The summed E-state index contributed by atoms with van der Waals surface area (Å²) in [6.45, 7) is 5.08. The number of rotatable bonds is 7. The van der Waals surface area contributed by atoms with Crippen LogP contribution in [0.25, 0.3) is 0 Å². The van der Waals surface area contributed by atoms with E-state index in [-0.39, 0.29) is 10.8 Å². The fraction of sp³-hybridized carbons (Fsp3) is 0.250. The van der Waals surface area contributed by atoms with Crippen molar-refractivity contribution in [2.45, 2.75) is 17.7 Å². The zero-order valence-corrected chi connectivity index (χ0v) is 15.7. The third kappa shape index (κ3) is 4.56. The Kier molecular flexibility index (Phi) is 5.93. The number of amides is 1. The number of hydrogen-bond donors (Lipinski definition) is 1. The molecule has 0 spiro atoms. The van der Waals surface area contributed by atoms with Crippen LogP contribution >= 0.6 is 0 Å². The predicted octanol–water partition coefficient (Wildman–Crippen LogP) is 3.29. The lowest BCUT2D eigenvalue weighted by atomic mass is 10.2. The van der Waals surface area contributed by atoms with Crippen LogP contribution in [-0.4, -0.2) is 38.3 Å². The van der Waals surface area contributed by atoms with Crippen molar-refractivity contribution in [1.29, 1.82) is 0 Å². The number of benzene rings is 2. The summed E-state index contributed by atoms with van der Waals surface area (Å²) >= 11 is 0. The number of sulfonamides is 1. The monoisotopic (exact) mass is 386 g/mol. The normalized spacial score (nSPS) is 14.7. The van der Waals surface area contributed by atoms with E-state index in [2.05, 4.69) is 11.9 Å². The van der Waals surface area contributed by atoms with E-state index in [0.717, 1.165) is 12.8 Å². The third-order valence-corrected chi connectivity index (χ3v) is 6.19. The smallest absolute Gasteiger partial charge is 0.255 e. The van der Waals surface area contributed by atoms with Gasteiger partial charge in [0.05, 0.1) is 4.90 Å². The summed E-state index contributed by atoms with van der Waals surface area (Å²) in [5.74, 6) is 0.306. The van der Waals surface area contributed by atoms with E-state index in [1.54, 1.807) is 30.3 Å². The number of nitrogens with zero attached hydrogens (tertiary/aromatic N) is 1. The molecule has 1 amide bonds. The van der Waals surface area contributed by atoms with Crippen LogP contribution in [0, 0.1) is 0 Å². The van der Waals surface area contributed by atoms with Crippen molar-refractivity contribution in [3.8, 4) is 5.75 Å². The molecule has 142 valence electrons. The maximum atomic E-state index is 12.5. The summed E-state index contributed by atoms with van der Waals surface area (Å²) in [6, 6.07) is 13.0. The van der Waals surface area contributed by atoms with E-state index in [4.69, 9.17) is 4.74 Å². The quantitative estimate of drug-likeness (QED) is 0.741. The largest absolute Gasteiger partial charge is 0.489 e. The molecule has 0 radical (unpaired) electrons. The van der Waals surface area contributed by atoms with E-state index in [9.17, 15) is 13.2 Å². The number of ether oxygens (including phenoxy) is 1. The number of carbonyl (C=O) groups is 1. The van der Waals surface area contributed by atoms with Crippen LogP contribution in [0.5, 0.6) is 5.75 Å². The fourth-order valence-corrected chi connectivity index (χ4v) is 4.39. The average molecular weight is 386 g/mol. The van der Waals surface area contributed by atoms with Crippen molar-refractivity contribution in [3.63, 3.8) is 0 Å². The molecule has 1 N–H and O–H groups in total. The molecule has 0 aliphatic carbocycles. The van der Waals surface area contributed by atoms with Gasteiger partial charge in [0.15, 0.2) is 0 Å². The Bertz CT molecular complexity index is 917. The minimum atomic E-state index is -3.48. The average Bonchev–Trinajstić information content (AvgIpc) is 3.22. The molecule has 2 aromatic rings. The Morgan fingerprint density at radius 1 is 1.15 bits per heavy atom. The van der Waals surface area contributed by atoms with Crippen LogP contribution < -0.4 is 10.1 Å². The fourth-order valence-electron chi connectivity index (χ4n) is 2.88. The van der Waals surface area contributed by atoms with Crippen LogP contribution in [0.2, 0.25) is 0 Å². The first-order chi connectivity index (χ1) is 13.0. The first-order valence-corrected chi connectivity index (χ1v) is 10.2. The molecule has 7 heteroatoms. The van der Waals surface area contributed by atoms with Gasteiger partial charge in [0, 0.05) is 30.4 Å². The molecule has 0 aromatic heterocycles. The van der Waals surface area contributed by atoms with Gasteiger partial charge in [0.2, 0.25) is 10.0 Å². The predicted molar refractivity (Wildman–Crippen MR) is 105 cm³/mol. The van der Waals surface area contributed by atoms with Crippen LogP contribution in [0.4, 0.5) is 5.69 Å². The van der Waals surface area contributed by atoms with E-state index in [0.29, 0.717) is 36.7 Å². The maximum Gasteiger partial charge on any atom is 0.255 e. The highest BCUT2D eigenvalue weighted by molar-refractivity contribution is 7.89. The summed E-state index contributed by atoms with van der Waals surface area (Å²) in [4.78, 5) is 12.6.